The fourth-order valence-corrected chi connectivity index (χ4v) is 2.11. The summed E-state index contributed by atoms with van der Waals surface area (Å²) in [5.74, 6) is 1.08. The molecule has 0 aliphatic carbocycles. The lowest BCUT2D eigenvalue weighted by atomic mass is 9.99. The van der Waals surface area contributed by atoms with Crippen molar-refractivity contribution < 1.29 is 9.53 Å². The maximum atomic E-state index is 12.0. The van der Waals surface area contributed by atoms with Crippen LogP contribution in [-0.4, -0.2) is 18.0 Å². The molecule has 1 amide bonds. The maximum Gasteiger partial charge on any atom is 0.270 e. The van der Waals surface area contributed by atoms with Crippen LogP contribution in [0.2, 0.25) is 0 Å². The van der Waals surface area contributed by atoms with Crippen LogP contribution in [0.4, 0.5) is 0 Å². The quantitative estimate of drug-likeness (QED) is 0.917. The van der Waals surface area contributed by atoms with Crippen LogP contribution in [0.15, 0.2) is 42.6 Å². The lowest BCUT2D eigenvalue weighted by Gasteiger charge is -2.14. The molecule has 4 nitrogen and oxygen atoms in total. The van der Waals surface area contributed by atoms with Crippen LogP contribution in [0.3, 0.4) is 0 Å². The van der Waals surface area contributed by atoms with Gasteiger partial charge in [-0.05, 0) is 35.2 Å². The molecule has 0 unspecified atom stereocenters. The third kappa shape index (κ3) is 3.81. The van der Waals surface area contributed by atoms with Crippen molar-refractivity contribution in [1.82, 2.24) is 10.3 Å². The van der Waals surface area contributed by atoms with Crippen molar-refractivity contribution in [3.8, 4) is 5.75 Å². The van der Waals surface area contributed by atoms with E-state index in [-0.39, 0.29) is 5.91 Å². The van der Waals surface area contributed by atoms with E-state index in [9.17, 15) is 4.79 Å². The summed E-state index contributed by atoms with van der Waals surface area (Å²) < 4.78 is 5.36. The molecule has 1 N–H and O–H groups in total. The van der Waals surface area contributed by atoms with Gasteiger partial charge in [0.1, 0.15) is 11.4 Å². The van der Waals surface area contributed by atoms with Crippen LogP contribution in [0.25, 0.3) is 0 Å². The number of nitrogens with one attached hydrogen (secondary N) is 1. The van der Waals surface area contributed by atoms with E-state index in [1.54, 1.807) is 31.5 Å². The van der Waals surface area contributed by atoms with Crippen molar-refractivity contribution in [2.24, 2.45) is 0 Å². The van der Waals surface area contributed by atoms with Crippen molar-refractivity contribution in [2.45, 2.75) is 26.3 Å². The van der Waals surface area contributed by atoms with E-state index in [2.05, 4.69) is 30.2 Å². The topological polar surface area (TPSA) is 51.2 Å². The smallest absolute Gasteiger partial charge is 0.270 e. The van der Waals surface area contributed by atoms with Gasteiger partial charge in [0.15, 0.2) is 0 Å². The number of rotatable bonds is 5. The van der Waals surface area contributed by atoms with E-state index in [1.165, 1.54) is 0 Å². The highest BCUT2D eigenvalue weighted by Crippen LogP contribution is 2.27. The van der Waals surface area contributed by atoms with Crippen LogP contribution in [0, 0.1) is 0 Å². The van der Waals surface area contributed by atoms with Crippen molar-refractivity contribution in [3.63, 3.8) is 0 Å². The molecule has 110 valence electrons. The number of methoxy groups -OCH3 is 1. The van der Waals surface area contributed by atoms with E-state index in [0.29, 0.717) is 18.2 Å². The molecule has 1 aromatic heterocycles. The average molecular weight is 284 g/mol. The lowest BCUT2D eigenvalue weighted by molar-refractivity contribution is 0.0946. The SMILES string of the molecule is COc1ccc(CNC(=O)c2ccccn2)cc1C(C)C. The van der Waals surface area contributed by atoms with Crippen LogP contribution in [-0.2, 0) is 6.54 Å². The first-order valence-corrected chi connectivity index (χ1v) is 6.98. The van der Waals surface area contributed by atoms with Crippen LogP contribution in [0.1, 0.15) is 41.4 Å². The van der Waals surface area contributed by atoms with Crippen molar-refractivity contribution in [1.29, 1.82) is 0 Å². The number of hydrogen-bond acceptors (Lipinski definition) is 3. The Hall–Kier alpha value is -2.36. The van der Waals surface area contributed by atoms with E-state index in [4.69, 9.17) is 4.74 Å². The Morgan fingerprint density at radius 1 is 1.29 bits per heavy atom. The average Bonchev–Trinajstić information content (AvgIpc) is 2.53. The number of amides is 1. The van der Waals surface area contributed by atoms with E-state index in [1.807, 2.05) is 12.1 Å². The number of benzene rings is 1. The van der Waals surface area contributed by atoms with Gasteiger partial charge in [-0.1, -0.05) is 32.0 Å². The minimum Gasteiger partial charge on any atom is -0.496 e. The monoisotopic (exact) mass is 284 g/mol. The van der Waals surface area contributed by atoms with Crippen molar-refractivity contribution in [3.05, 3.63) is 59.4 Å². The molecular weight excluding hydrogens is 264 g/mol. The van der Waals surface area contributed by atoms with Gasteiger partial charge in [-0.25, -0.2) is 0 Å². The molecule has 0 saturated carbocycles. The van der Waals surface area contributed by atoms with Gasteiger partial charge >= 0.3 is 0 Å². The Morgan fingerprint density at radius 2 is 2.10 bits per heavy atom. The minimum atomic E-state index is -0.169. The van der Waals surface area contributed by atoms with Gasteiger partial charge in [-0.15, -0.1) is 0 Å². The summed E-state index contributed by atoms with van der Waals surface area (Å²) in [6, 6.07) is 11.3. The number of pyridine rings is 1. The maximum absolute atomic E-state index is 12.0. The fourth-order valence-electron chi connectivity index (χ4n) is 2.11. The number of ether oxygens (including phenoxy) is 1. The number of hydrogen-bond donors (Lipinski definition) is 1. The molecule has 0 spiro atoms. The summed E-state index contributed by atoms with van der Waals surface area (Å²) in [4.78, 5) is 16.0. The molecule has 0 aliphatic heterocycles. The molecule has 0 radical (unpaired) electrons. The summed E-state index contributed by atoms with van der Waals surface area (Å²) in [5, 5.41) is 2.88. The van der Waals surface area contributed by atoms with Gasteiger partial charge in [-0.2, -0.15) is 0 Å². The van der Waals surface area contributed by atoms with Crippen molar-refractivity contribution >= 4 is 5.91 Å². The highest BCUT2D eigenvalue weighted by atomic mass is 16.5. The van der Waals surface area contributed by atoms with Crippen molar-refractivity contribution in [2.75, 3.05) is 7.11 Å². The molecule has 1 aromatic carbocycles. The zero-order chi connectivity index (χ0) is 15.2. The van der Waals surface area contributed by atoms with Gasteiger partial charge in [0.25, 0.3) is 5.91 Å². The molecule has 0 aliphatic rings. The summed E-state index contributed by atoms with van der Waals surface area (Å²) in [7, 11) is 1.67. The molecule has 4 heteroatoms. The van der Waals surface area contributed by atoms with Gasteiger partial charge in [0.05, 0.1) is 7.11 Å². The Morgan fingerprint density at radius 3 is 2.71 bits per heavy atom. The van der Waals surface area contributed by atoms with E-state index in [0.717, 1.165) is 16.9 Å². The second-order valence-corrected chi connectivity index (χ2v) is 5.13. The third-order valence-electron chi connectivity index (χ3n) is 3.27. The van der Waals surface area contributed by atoms with Gasteiger partial charge in [-0.3, -0.25) is 9.78 Å². The van der Waals surface area contributed by atoms with E-state index >= 15 is 0 Å². The van der Waals surface area contributed by atoms with Crippen LogP contribution < -0.4 is 10.1 Å². The lowest BCUT2D eigenvalue weighted by Crippen LogP contribution is -2.23. The second-order valence-electron chi connectivity index (χ2n) is 5.13. The second kappa shape index (κ2) is 6.88. The summed E-state index contributed by atoms with van der Waals surface area (Å²) >= 11 is 0. The zero-order valence-corrected chi connectivity index (χ0v) is 12.6. The number of aromatic nitrogens is 1. The first-order chi connectivity index (χ1) is 10.1. The highest BCUT2D eigenvalue weighted by Gasteiger charge is 2.10. The Bertz CT molecular complexity index is 609. The molecule has 0 saturated heterocycles. The first kappa shape index (κ1) is 15.0. The van der Waals surface area contributed by atoms with E-state index < -0.39 is 0 Å². The Kier molecular flexibility index (Phi) is 4.93. The molecule has 21 heavy (non-hydrogen) atoms. The standard InChI is InChI=1S/C17H20N2O2/c1-12(2)14-10-13(7-8-16(14)21-3)11-19-17(20)15-6-4-5-9-18-15/h4-10,12H,11H2,1-3H3,(H,19,20). The predicted octanol–water partition coefficient (Wildman–Crippen LogP) is 3.14. The highest BCUT2D eigenvalue weighted by molar-refractivity contribution is 5.92. The zero-order valence-electron chi connectivity index (χ0n) is 12.6. The molecule has 2 rings (SSSR count). The van der Waals surface area contributed by atoms with Crippen LogP contribution >= 0.6 is 0 Å². The number of nitrogens with zero attached hydrogens (tertiary/aromatic N) is 1. The summed E-state index contributed by atoms with van der Waals surface area (Å²) in [6.07, 6.45) is 1.61. The predicted molar refractivity (Wildman–Crippen MR) is 82.5 cm³/mol. The Balaban J connectivity index is 2.07. The molecular formula is C17H20N2O2. The normalized spacial score (nSPS) is 10.5. The fraction of sp³-hybridized carbons (Fsp3) is 0.294. The first-order valence-electron chi connectivity index (χ1n) is 6.98. The summed E-state index contributed by atoms with van der Waals surface area (Å²) in [6.45, 7) is 4.71. The molecule has 0 bridgehead atoms. The molecule has 0 atom stereocenters. The summed E-state index contributed by atoms with van der Waals surface area (Å²) in [5.41, 5.74) is 2.61. The van der Waals surface area contributed by atoms with Gasteiger partial charge < -0.3 is 10.1 Å². The molecule has 2 aromatic rings. The Labute approximate surface area is 125 Å². The largest absolute Gasteiger partial charge is 0.496 e. The third-order valence-corrected chi connectivity index (χ3v) is 3.27. The number of carbonyl (C=O) groups excluding carboxylic acids is 1. The minimum absolute atomic E-state index is 0.169. The molecule has 1 heterocycles. The van der Waals surface area contributed by atoms with Crippen LogP contribution in [0.5, 0.6) is 5.75 Å². The molecule has 0 fully saturated rings. The van der Waals surface area contributed by atoms with Gasteiger partial charge in [0.2, 0.25) is 0 Å². The van der Waals surface area contributed by atoms with Gasteiger partial charge in [0, 0.05) is 12.7 Å². The number of carbonyl (C=O) groups is 1.